The van der Waals surface area contributed by atoms with E-state index in [1.165, 1.54) is 0 Å². The van der Waals surface area contributed by atoms with Crippen molar-refractivity contribution in [2.75, 3.05) is 30.9 Å². The van der Waals surface area contributed by atoms with E-state index < -0.39 is 0 Å². The van der Waals surface area contributed by atoms with Crippen molar-refractivity contribution in [1.82, 2.24) is 9.97 Å². The molecule has 0 saturated heterocycles. The van der Waals surface area contributed by atoms with Gasteiger partial charge in [0.25, 0.3) is 0 Å². The zero-order chi connectivity index (χ0) is 10.6. The number of hydrogen-bond donors (Lipinski definition) is 2. The molecule has 0 spiro atoms. The highest BCUT2D eigenvalue weighted by Gasteiger charge is 2.06. The first kappa shape index (κ1) is 10.7. The summed E-state index contributed by atoms with van der Waals surface area (Å²) in [6.45, 7) is 2.30. The van der Waals surface area contributed by atoms with Crippen molar-refractivity contribution in [2.24, 2.45) is 0 Å². The summed E-state index contributed by atoms with van der Waals surface area (Å²) >= 11 is 0. The Morgan fingerprint density at radius 3 is 2.93 bits per heavy atom. The fourth-order valence-corrected chi connectivity index (χ4v) is 1.17. The standard InChI is InChI=1S/C9H16N4O/c1-7(14)6-13(3)8-4-5-11-9(10-2)12-8/h4-5,7,14H,6H2,1-3H3,(H,10,11,12). The van der Waals surface area contributed by atoms with Gasteiger partial charge < -0.3 is 15.3 Å². The lowest BCUT2D eigenvalue weighted by atomic mass is 10.4. The number of anilines is 2. The molecule has 1 unspecified atom stereocenters. The molecular formula is C9H16N4O. The maximum absolute atomic E-state index is 9.21. The van der Waals surface area contributed by atoms with Gasteiger partial charge in [-0.05, 0) is 13.0 Å². The molecule has 0 amide bonds. The monoisotopic (exact) mass is 196 g/mol. The highest BCUT2D eigenvalue weighted by molar-refractivity contribution is 5.41. The minimum atomic E-state index is -0.368. The Balaban J connectivity index is 2.73. The Labute approximate surface area is 83.8 Å². The van der Waals surface area contributed by atoms with E-state index in [-0.39, 0.29) is 6.10 Å². The van der Waals surface area contributed by atoms with Crippen LogP contribution in [0.15, 0.2) is 12.3 Å². The van der Waals surface area contributed by atoms with Crippen LogP contribution < -0.4 is 10.2 Å². The maximum Gasteiger partial charge on any atom is 0.224 e. The van der Waals surface area contributed by atoms with E-state index in [2.05, 4.69) is 15.3 Å². The molecule has 0 aromatic carbocycles. The van der Waals surface area contributed by atoms with Gasteiger partial charge in [0.2, 0.25) is 5.95 Å². The molecule has 0 aliphatic rings. The molecule has 5 nitrogen and oxygen atoms in total. The third-order valence-corrected chi connectivity index (χ3v) is 1.79. The molecule has 78 valence electrons. The van der Waals surface area contributed by atoms with Crippen LogP contribution in [-0.2, 0) is 0 Å². The van der Waals surface area contributed by atoms with Gasteiger partial charge in [-0.3, -0.25) is 0 Å². The summed E-state index contributed by atoms with van der Waals surface area (Å²) in [5.41, 5.74) is 0. The summed E-state index contributed by atoms with van der Waals surface area (Å²) < 4.78 is 0. The van der Waals surface area contributed by atoms with Crippen molar-refractivity contribution in [3.05, 3.63) is 12.3 Å². The predicted octanol–water partition coefficient (Wildman–Crippen LogP) is 0.335. The summed E-state index contributed by atoms with van der Waals surface area (Å²) in [6.07, 6.45) is 1.32. The summed E-state index contributed by atoms with van der Waals surface area (Å²) in [5.74, 6) is 1.38. The third kappa shape index (κ3) is 2.85. The second-order valence-corrected chi connectivity index (χ2v) is 3.22. The van der Waals surface area contributed by atoms with Gasteiger partial charge in [0.05, 0.1) is 6.10 Å². The predicted molar refractivity (Wildman–Crippen MR) is 56.5 cm³/mol. The molecule has 0 bridgehead atoms. The van der Waals surface area contributed by atoms with E-state index in [4.69, 9.17) is 0 Å². The van der Waals surface area contributed by atoms with E-state index in [0.29, 0.717) is 12.5 Å². The van der Waals surface area contributed by atoms with Crippen LogP contribution >= 0.6 is 0 Å². The zero-order valence-electron chi connectivity index (χ0n) is 8.73. The number of nitrogens with one attached hydrogen (secondary N) is 1. The fraction of sp³-hybridized carbons (Fsp3) is 0.556. The molecule has 0 radical (unpaired) electrons. The summed E-state index contributed by atoms with van der Waals surface area (Å²) in [5, 5.41) is 12.1. The zero-order valence-corrected chi connectivity index (χ0v) is 8.73. The normalized spacial score (nSPS) is 12.3. The van der Waals surface area contributed by atoms with Crippen LogP contribution in [0, 0.1) is 0 Å². The van der Waals surface area contributed by atoms with Gasteiger partial charge in [-0.2, -0.15) is 4.98 Å². The second-order valence-electron chi connectivity index (χ2n) is 3.22. The van der Waals surface area contributed by atoms with E-state index in [1.807, 2.05) is 18.0 Å². The van der Waals surface area contributed by atoms with Gasteiger partial charge >= 0.3 is 0 Å². The molecule has 14 heavy (non-hydrogen) atoms. The Bertz CT molecular complexity index is 290. The topological polar surface area (TPSA) is 61.3 Å². The molecule has 1 rings (SSSR count). The highest BCUT2D eigenvalue weighted by atomic mass is 16.3. The van der Waals surface area contributed by atoms with Crippen LogP contribution in [0.1, 0.15) is 6.92 Å². The summed E-state index contributed by atoms with van der Waals surface area (Å²) in [7, 11) is 3.66. The average Bonchev–Trinajstić information content (AvgIpc) is 2.17. The number of nitrogens with zero attached hydrogens (tertiary/aromatic N) is 3. The third-order valence-electron chi connectivity index (χ3n) is 1.79. The van der Waals surface area contributed by atoms with E-state index in [9.17, 15) is 5.11 Å². The Morgan fingerprint density at radius 2 is 2.36 bits per heavy atom. The van der Waals surface area contributed by atoms with Crippen molar-refractivity contribution in [1.29, 1.82) is 0 Å². The molecule has 1 aromatic heterocycles. The summed E-state index contributed by atoms with van der Waals surface area (Å²) in [6, 6.07) is 1.81. The van der Waals surface area contributed by atoms with Gasteiger partial charge in [0.1, 0.15) is 5.82 Å². The van der Waals surface area contributed by atoms with Crippen LogP contribution in [0.5, 0.6) is 0 Å². The van der Waals surface area contributed by atoms with Crippen LogP contribution in [0.2, 0.25) is 0 Å². The van der Waals surface area contributed by atoms with Crippen LogP contribution in [0.25, 0.3) is 0 Å². The molecule has 1 aromatic rings. The average molecular weight is 196 g/mol. The second kappa shape index (κ2) is 4.76. The lowest BCUT2D eigenvalue weighted by Gasteiger charge is -2.19. The first-order chi connectivity index (χ1) is 6.63. The van der Waals surface area contributed by atoms with E-state index >= 15 is 0 Å². The van der Waals surface area contributed by atoms with E-state index in [1.54, 1.807) is 20.2 Å². The first-order valence-electron chi connectivity index (χ1n) is 4.53. The molecule has 0 aliphatic carbocycles. The fourth-order valence-electron chi connectivity index (χ4n) is 1.17. The van der Waals surface area contributed by atoms with Crippen LogP contribution in [0.4, 0.5) is 11.8 Å². The van der Waals surface area contributed by atoms with Gasteiger partial charge in [-0.1, -0.05) is 0 Å². The Hall–Kier alpha value is -1.36. The summed E-state index contributed by atoms with van der Waals surface area (Å²) in [4.78, 5) is 10.1. The van der Waals surface area contributed by atoms with E-state index in [0.717, 1.165) is 5.82 Å². The van der Waals surface area contributed by atoms with Gasteiger partial charge in [-0.25, -0.2) is 4.98 Å². The number of rotatable bonds is 4. The lowest BCUT2D eigenvalue weighted by Crippen LogP contribution is -2.27. The lowest BCUT2D eigenvalue weighted by molar-refractivity contribution is 0.201. The largest absolute Gasteiger partial charge is 0.392 e. The molecule has 0 fully saturated rings. The quantitative estimate of drug-likeness (QED) is 0.727. The number of aliphatic hydroxyl groups excluding tert-OH is 1. The van der Waals surface area contributed by atoms with Gasteiger partial charge in [-0.15, -0.1) is 0 Å². The van der Waals surface area contributed by atoms with Crippen molar-refractivity contribution in [2.45, 2.75) is 13.0 Å². The number of likely N-dealkylation sites (N-methyl/N-ethyl adjacent to an activating group) is 1. The van der Waals surface area contributed by atoms with Crippen molar-refractivity contribution >= 4 is 11.8 Å². The molecule has 0 saturated carbocycles. The number of aliphatic hydroxyl groups is 1. The minimum Gasteiger partial charge on any atom is -0.392 e. The first-order valence-corrected chi connectivity index (χ1v) is 4.53. The number of aromatic nitrogens is 2. The minimum absolute atomic E-state index is 0.368. The smallest absolute Gasteiger partial charge is 0.224 e. The number of hydrogen-bond acceptors (Lipinski definition) is 5. The molecule has 1 atom stereocenters. The van der Waals surface area contributed by atoms with Crippen molar-refractivity contribution in [3.63, 3.8) is 0 Å². The SMILES string of the molecule is CNc1nccc(N(C)CC(C)O)n1. The molecule has 0 aliphatic heterocycles. The maximum atomic E-state index is 9.21. The molecule has 5 heteroatoms. The van der Waals surface area contributed by atoms with Crippen molar-refractivity contribution < 1.29 is 5.11 Å². The molecular weight excluding hydrogens is 180 g/mol. The van der Waals surface area contributed by atoms with Gasteiger partial charge in [0, 0.05) is 26.8 Å². The Kier molecular flexibility index (Phi) is 3.64. The molecule has 1 heterocycles. The highest BCUT2D eigenvalue weighted by Crippen LogP contribution is 2.09. The molecule has 2 N–H and O–H groups in total. The van der Waals surface area contributed by atoms with Crippen molar-refractivity contribution in [3.8, 4) is 0 Å². The van der Waals surface area contributed by atoms with Crippen LogP contribution in [0.3, 0.4) is 0 Å². The Morgan fingerprint density at radius 1 is 1.64 bits per heavy atom. The van der Waals surface area contributed by atoms with Gasteiger partial charge in [0.15, 0.2) is 0 Å². The van der Waals surface area contributed by atoms with Crippen LogP contribution in [-0.4, -0.2) is 41.8 Å².